The summed E-state index contributed by atoms with van der Waals surface area (Å²) in [6.45, 7) is 1.53. The van der Waals surface area contributed by atoms with Gasteiger partial charge < -0.3 is 10.2 Å². The molecule has 0 aliphatic carbocycles. The number of hydrogen-bond donors (Lipinski definition) is 1. The fourth-order valence-corrected chi connectivity index (χ4v) is 4.18. The summed E-state index contributed by atoms with van der Waals surface area (Å²) >= 11 is 18.1. The number of rotatable bonds is 4. The number of carbonyl (C=O) groups excluding carboxylic acids is 3. The number of benzene rings is 2. The summed E-state index contributed by atoms with van der Waals surface area (Å²) < 4.78 is 0. The Labute approximate surface area is 188 Å². The molecule has 6 nitrogen and oxygen atoms in total. The van der Waals surface area contributed by atoms with Crippen molar-refractivity contribution in [3.8, 4) is 0 Å². The second-order valence-corrected chi connectivity index (χ2v) is 8.21. The van der Waals surface area contributed by atoms with Gasteiger partial charge in [-0.3, -0.25) is 14.4 Å². The van der Waals surface area contributed by atoms with Crippen LogP contribution in [0.1, 0.15) is 23.2 Å². The summed E-state index contributed by atoms with van der Waals surface area (Å²) in [7, 11) is 0. The average molecular weight is 465 g/mol. The number of nitrogens with one attached hydrogen (secondary N) is 1. The molecule has 2 aliphatic rings. The number of nitrogens with zero attached hydrogens (tertiary/aromatic N) is 2. The molecule has 154 valence electrons. The molecule has 3 amide bonds. The third-order valence-corrected chi connectivity index (χ3v) is 5.71. The minimum atomic E-state index is -0.677. The van der Waals surface area contributed by atoms with Gasteiger partial charge in [-0.05, 0) is 55.3 Å². The summed E-state index contributed by atoms with van der Waals surface area (Å²) in [5.41, 5.74) is 1.25. The van der Waals surface area contributed by atoms with Crippen molar-refractivity contribution in [3.05, 3.63) is 68.8 Å². The molecule has 0 radical (unpaired) electrons. The van der Waals surface area contributed by atoms with Crippen molar-refractivity contribution in [3.63, 3.8) is 0 Å². The highest BCUT2D eigenvalue weighted by Gasteiger charge is 2.39. The standard InChI is InChI=1S/C21H16Cl3N3O3/c22-13-9-14(23)11-16(10-13)27-20(29)17(24)18(21(27)30)25-15-5-3-12(4-6-15)19(28)26-7-1-2-8-26/h3-6,9-11,25H,1-2,7-8H2. The van der Waals surface area contributed by atoms with E-state index in [1.54, 1.807) is 24.3 Å². The SMILES string of the molecule is O=C(c1ccc(NC2=C(Cl)C(=O)N(c3cc(Cl)cc(Cl)c3)C2=O)cc1)N1CCCC1. The van der Waals surface area contributed by atoms with E-state index in [0.717, 1.165) is 30.8 Å². The Morgan fingerprint density at radius 3 is 2.07 bits per heavy atom. The van der Waals surface area contributed by atoms with Crippen LogP contribution in [0, 0.1) is 0 Å². The molecule has 2 heterocycles. The number of imide groups is 1. The van der Waals surface area contributed by atoms with Crippen LogP contribution in [0.4, 0.5) is 11.4 Å². The number of hydrogen-bond acceptors (Lipinski definition) is 4. The van der Waals surface area contributed by atoms with Crippen LogP contribution in [0.2, 0.25) is 10.0 Å². The second kappa shape index (κ2) is 8.30. The molecule has 2 aromatic carbocycles. The van der Waals surface area contributed by atoms with Gasteiger partial charge in [-0.15, -0.1) is 0 Å². The summed E-state index contributed by atoms with van der Waals surface area (Å²) in [5, 5.41) is 3.21. The van der Waals surface area contributed by atoms with Crippen molar-refractivity contribution >= 4 is 63.9 Å². The van der Waals surface area contributed by atoms with Gasteiger partial charge in [0.2, 0.25) is 0 Å². The molecular formula is C21H16Cl3N3O3. The van der Waals surface area contributed by atoms with E-state index < -0.39 is 11.8 Å². The summed E-state index contributed by atoms with van der Waals surface area (Å²) in [4.78, 5) is 40.6. The van der Waals surface area contributed by atoms with Crippen molar-refractivity contribution in [2.75, 3.05) is 23.3 Å². The van der Waals surface area contributed by atoms with Gasteiger partial charge in [0.25, 0.3) is 17.7 Å². The first kappa shape index (κ1) is 20.7. The highest BCUT2D eigenvalue weighted by Crippen LogP contribution is 2.33. The van der Waals surface area contributed by atoms with Crippen molar-refractivity contribution < 1.29 is 14.4 Å². The molecule has 1 fully saturated rings. The van der Waals surface area contributed by atoms with Crippen LogP contribution < -0.4 is 10.2 Å². The zero-order valence-corrected chi connectivity index (χ0v) is 17.9. The molecule has 0 aromatic heterocycles. The Hall–Kier alpha value is -2.54. The predicted octanol–water partition coefficient (Wildman–Crippen LogP) is 4.67. The molecule has 0 atom stereocenters. The summed E-state index contributed by atoms with van der Waals surface area (Å²) in [6.07, 6.45) is 2.03. The van der Waals surface area contributed by atoms with Crippen molar-refractivity contribution in [2.24, 2.45) is 0 Å². The lowest BCUT2D eigenvalue weighted by molar-refractivity contribution is -0.120. The van der Waals surface area contributed by atoms with E-state index in [1.807, 2.05) is 4.90 Å². The van der Waals surface area contributed by atoms with Crippen LogP contribution in [0.15, 0.2) is 53.2 Å². The Balaban J connectivity index is 1.53. The van der Waals surface area contributed by atoms with Gasteiger partial charge in [-0.25, -0.2) is 4.90 Å². The fourth-order valence-electron chi connectivity index (χ4n) is 3.46. The lowest BCUT2D eigenvalue weighted by atomic mass is 10.2. The Morgan fingerprint density at radius 1 is 0.867 bits per heavy atom. The van der Waals surface area contributed by atoms with Gasteiger partial charge in [-0.2, -0.15) is 0 Å². The molecule has 0 bridgehead atoms. The van der Waals surface area contributed by atoms with E-state index in [0.29, 0.717) is 11.3 Å². The molecule has 30 heavy (non-hydrogen) atoms. The molecule has 4 rings (SSSR count). The lowest BCUT2D eigenvalue weighted by Gasteiger charge is -2.16. The Bertz CT molecular complexity index is 1060. The lowest BCUT2D eigenvalue weighted by Crippen LogP contribution is -2.32. The van der Waals surface area contributed by atoms with E-state index in [9.17, 15) is 14.4 Å². The number of anilines is 2. The first-order chi connectivity index (χ1) is 14.3. The van der Waals surface area contributed by atoms with Crippen molar-refractivity contribution in [2.45, 2.75) is 12.8 Å². The molecular weight excluding hydrogens is 449 g/mol. The van der Waals surface area contributed by atoms with Gasteiger partial charge >= 0.3 is 0 Å². The molecule has 1 saturated heterocycles. The zero-order valence-electron chi connectivity index (χ0n) is 15.6. The van der Waals surface area contributed by atoms with Gasteiger partial charge in [0.1, 0.15) is 10.7 Å². The molecule has 9 heteroatoms. The number of amides is 3. The minimum Gasteiger partial charge on any atom is -0.350 e. The number of carbonyl (C=O) groups is 3. The maximum absolute atomic E-state index is 12.9. The maximum Gasteiger partial charge on any atom is 0.283 e. The fraction of sp³-hybridized carbons (Fsp3) is 0.190. The minimum absolute atomic E-state index is 0.0209. The van der Waals surface area contributed by atoms with Gasteiger partial charge in [-0.1, -0.05) is 34.8 Å². The third-order valence-electron chi connectivity index (χ3n) is 4.93. The molecule has 0 saturated carbocycles. The number of likely N-dealkylation sites (tertiary alicyclic amines) is 1. The van der Waals surface area contributed by atoms with Crippen LogP contribution in [-0.4, -0.2) is 35.7 Å². The predicted molar refractivity (Wildman–Crippen MR) is 117 cm³/mol. The van der Waals surface area contributed by atoms with Crippen molar-refractivity contribution in [1.82, 2.24) is 4.90 Å². The van der Waals surface area contributed by atoms with Crippen LogP contribution in [-0.2, 0) is 9.59 Å². The molecule has 0 spiro atoms. The van der Waals surface area contributed by atoms with Crippen LogP contribution in [0.3, 0.4) is 0 Å². The largest absolute Gasteiger partial charge is 0.350 e. The normalized spacial score (nSPS) is 16.6. The van der Waals surface area contributed by atoms with Crippen LogP contribution in [0.5, 0.6) is 0 Å². The second-order valence-electron chi connectivity index (χ2n) is 6.96. The summed E-state index contributed by atoms with van der Waals surface area (Å²) in [6, 6.07) is 11.1. The average Bonchev–Trinajstić information content (AvgIpc) is 3.31. The quantitative estimate of drug-likeness (QED) is 0.668. The monoisotopic (exact) mass is 463 g/mol. The zero-order chi connectivity index (χ0) is 21.4. The molecule has 2 aromatic rings. The molecule has 1 N–H and O–H groups in total. The van der Waals surface area contributed by atoms with E-state index in [2.05, 4.69) is 5.32 Å². The first-order valence-electron chi connectivity index (χ1n) is 9.26. The highest BCUT2D eigenvalue weighted by atomic mass is 35.5. The summed E-state index contributed by atoms with van der Waals surface area (Å²) in [5.74, 6) is -1.32. The van der Waals surface area contributed by atoms with E-state index >= 15 is 0 Å². The Kier molecular flexibility index (Phi) is 5.73. The third kappa shape index (κ3) is 3.90. The van der Waals surface area contributed by atoms with Gasteiger partial charge in [0, 0.05) is 34.4 Å². The van der Waals surface area contributed by atoms with Crippen LogP contribution >= 0.6 is 34.8 Å². The topological polar surface area (TPSA) is 69.7 Å². The maximum atomic E-state index is 12.9. The molecule has 2 aliphatic heterocycles. The van der Waals surface area contributed by atoms with Crippen molar-refractivity contribution in [1.29, 1.82) is 0 Å². The Morgan fingerprint density at radius 2 is 1.47 bits per heavy atom. The number of halogens is 3. The van der Waals surface area contributed by atoms with Gasteiger partial charge in [0.05, 0.1) is 5.69 Å². The van der Waals surface area contributed by atoms with Gasteiger partial charge in [0.15, 0.2) is 0 Å². The molecule has 0 unspecified atom stereocenters. The van der Waals surface area contributed by atoms with E-state index in [4.69, 9.17) is 34.8 Å². The first-order valence-corrected chi connectivity index (χ1v) is 10.4. The smallest absolute Gasteiger partial charge is 0.283 e. The highest BCUT2D eigenvalue weighted by molar-refractivity contribution is 6.53. The van der Waals surface area contributed by atoms with E-state index in [1.165, 1.54) is 18.2 Å². The van der Waals surface area contributed by atoms with Crippen LogP contribution in [0.25, 0.3) is 0 Å². The van der Waals surface area contributed by atoms with E-state index in [-0.39, 0.29) is 32.4 Å².